The van der Waals surface area contributed by atoms with Gasteiger partial charge >= 0.3 is 0 Å². The Morgan fingerprint density at radius 2 is 2.28 bits per heavy atom. The summed E-state index contributed by atoms with van der Waals surface area (Å²) in [5.41, 5.74) is 1.89. The molecule has 1 fully saturated rings. The summed E-state index contributed by atoms with van der Waals surface area (Å²) in [5, 5.41) is 10.0. The lowest BCUT2D eigenvalue weighted by Gasteiger charge is -2.32. The molecule has 3 aromatic rings. The minimum Gasteiger partial charge on any atom is -0.339 e. The monoisotopic (exact) mass is 409 g/mol. The summed E-state index contributed by atoms with van der Waals surface area (Å²) >= 11 is 1.53. The van der Waals surface area contributed by atoms with Crippen LogP contribution in [0.5, 0.6) is 0 Å². The molecule has 0 spiro atoms. The Hall–Kier alpha value is -3.07. The molecule has 1 aliphatic rings. The second-order valence-electron chi connectivity index (χ2n) is 7.07. The molecular weight excluding hydrogens is 386 g/mol. The Morgan fingerprint density at radius 1 is 1.34 bits per heavy atom. The molecule has 0 bridgehead atoms. The first-order valence-corrected chi connectivity index (χ1v) is 10.5. The van der Waals surface area contributed by atoms with E-state index in [2.05, 4.69) is 25.4 Å². The third kappa shape index (κ3) is 5.05. The smallest absolute Gasteiger partial charge is 0.246 e. The van der Waals surface area contributed by atoms with Crippen LogP contribution in [0.4, 0.5) is 10.9 Å². The van der Waals surface area contributed by atoms with Crippen LogP contribution in [-0.4, -0.2) is 48.6 Å². The fourth-order valence-electron chi connectivity index (χ4n) is 3.51. The Morgan fingerprint density at radius 3 is 3.07 bits per heavy atom. The van der Waals surface area contributed by atoms with Crippen molar-refractivity contribution in [2.75, 3.05) is 18.4 Å². The van der Waals surface area contributed by atoms with Gasteiger partial charge < -0.3 is 10.2 Å². The van der Waals surface area contributed by atoms with E-state index < -0.39 is 0 Å². The number of anilines is 2. The predicted octanol–water partition coefficient (Wildman–Crippen LogP) is 2.90. The van der Waals surface area contributed by atoms with E-state index in [1.54, 1.807) is 29.5 Å². The highest BCUT2D eigenvalue weighted by Crippen LogP contribution is 2.22. The zero-order chi connectivity index (χ0) is 20.1. The van der Waals surface area contributed by atoms with Gasteiger partial charge in [0.05, 0.1) is 5.69 Å². The van der Waals surface area contributed by atoms with Crippen molar-refractivity contribution in [3.8, 4) is 0 Å². The second kappa shape index (κ2) is 8.95. The van der Waals surface area contributed by atoms with Crippen LogP contribution in [-0.2, 0) is 18.3 Å². The Labute approximate surface area is 173 Å². The van der Waals surface area contributed by atoms with Crippen LogP contribution in [0, 0.1) is 5.92 Å². The molecule has 150 valence electrons. The lowest BCUT2D eigenvalue weighted by atomic mass is 9.93. The average molecular weight is 410 g/mol. The third-order valence-electron chi connectivity index (χ3n) is 4.98. The second-order valence-corrected chi connectivity index (χ2v) is 7.96. The number of aromatic nitrogens is 5. The predicted molar refractivity (Wildman–Crippen MR) is 113 cm³/mol. The molecule has 0 unspecified atom stereocenters. The summed E-state index contributed by atoms with van der Waals surface area (Å²) in [4.78, 5) is 27.4. The summed E-state index contributed by atoms with van der Waals surface area (Å²) in [7, 11) is 1.86. The number of likely N-dealkylation sites (tertiary alicyclic amines) is 1. The molecule has 0 radical (unpaired) electrons. The summed E-state index contributed by atoms with van der Waals surface area (Å²) < 4.78 is 1.75. The molecule has 1 aliphatic heterocycles. The van der Waals surface area contributed by atoms with Crippen molar-refractivity contribution >= 4 is 34.3 Å². The molecule has 0 aliphatic carbocycles. The maximum atomic E-state index is 12.6. The van der Waals surface area contributed by atoms with Crippen LogP contribution in [0.15, 0.2) is 42.3 Å². The molecule has 1 amide bonds. The number of carbonyl (C=O) groups is 1. The highest BCUT2D eigenvalue weighted by Gasteiger charge is 2.23. The molecule has 1 N–H and O–H groups in total. The van der Waals surface area contributed by atoms with Crippen LogP contribution < -0.4 is 5.32 Å². The van der Waals surface area contributed by atoms with E-state index in [4.69, 9.17) is 0 Å². The van der Waals surface area contributed by atoms with Crippen molar-refractivity contribution in [1.82, 2.24) is 29.6 Å². The van der Waals surface area contributed by atoms with Gasteiger partial charge in [0.1, 0.15) is 12.1 Å². The summed E-state index contributed by atoms with van der Waals surface area (Å²) in [6.07, 6.45) is 11.4. The fraction of sp³-hybridized carbons (Fsp3) is 0.350. The first-order chi connectivity index (χ1) is 14.2. The summed E-state index contributed by atoms with van der Waals surface area (Å²) in [6.45, 7) is 1.54. The standard InChI is InChI=1S/C20H23N7OS/c1-26-17(6-7-24-26)4-5-19(28)27-9-2-3-15(13-27)11-16-12-18(23-14-22-16)25-20-21-8-10-29-20/h4-8,10,12,14-15H,2-3,9,11,13H2,1H3,(H,21,22,23,25)/b5-4+/t15-/m0/s1. The van der Waals surface area contributed by atoms with E-state index in [-0.39, 0.29) is 5.91 Å². The highest BCUT2D eigenvalue weighted by atomic mass is 32.1. The van der Waals surface area contributed by atoms with Gasteiger partial charge in [0.15, 0.2) is 5.13 Å². The van der Waals surface area contributed by atoms with E-state index in [0.717, 1.165) is 54.7 Å². The maximum absolute atomic E-state index is 12.6. The Balaban J connectivity index is 1.35. The van der Waals surface area contributed by atoms with Crippen LogP contribution in [0.1, 0.15) is 24.2 Å². The van der Waals surface area contributed by atoms with Gasteiger partial charge in [-0.25, -0.2) is 15.0 Å². The van der Waals surface area contributed by atoms with Gasteiger partial charge in [0.25, 0.3) is 0 Å². The van der Waals surface area contributed by atoms with Gasteiger partial charge in [0.2, 0.25) is 5.91 Å². The molecule has 29 heavy (non-hydrogen) atoms. The van der Waals surface area contributed by atoms with Crippen LogP contribution in [0.25, 0.3) is 6.08 Å². The molecule has 1 atom stereocenters. The Bertz CT molecular complexity index is 982. The van der Waals surface area contributed by atoms with Crippen LogP contribution >= 0.6 is 11.3 Å². The van der Waals surface area contributed by atoms with Crippen molar-refractivity contribution in [3.05, 3.63) is 53.7 Å². The number of rotatable bonds is 6. The van der Waals surface area contributed by atoms with Crippen molar-refractivity contribution in [2.24, 2.45) is 13.0 Å². The zero-order valence-electron chi connectivity index (χ0n) is 16.2. The summed E-state index contributed by atoms with van der Waals surface area (Å²) in [5.74, 6) is 1.18. The quantitative estimate of drug-likeness (QED) is 0.630. The van der Waals surface area contributed by atoms with Crippen molar-refractivity contribution in [3.63, 3.8) is 0 Å². The average Bonchev–Trinajstić information content (AvgIpc) is 3.38. The Kier molecular flexibility index (Phi) is 5.95. The van der Waals surface area contributed by atoms with Crippen molar-refractivity contribution in [2.45, 2.75) is 19.3 Å². The topological polar surface area (TPSA) is 88.8 Å². The minimum atomic E-state index is 0.0460. The third-order valence-corrected chi connectivity index (χ3v) is 5.66. The molecule has 1 saturated heterocycles. The molecule has 3 aromatic heterocycles. The van der Waals surface area contributed by atoms with E-state index in [1.807, 2.05) is 35.5 Å². The number of hydrogen-bond acceptors (Lipinski definition) is 7. The molecule has 4 heterocycles. The number of amides is 1. The van der Waals surface area contributed by atoms with E-state index in [0.29, 0.717) is 5.92 Å². The van der Waals surface area contributed by atoms with Gasteiger partial charge in [-0.3, -0.25) is 9.48 Å². The number of piperidine rings is 1. The van der Waals surface area contributed by atoms with Crippen molar-refractivity contribution in [1.29, 1.82) is 0 Å². The number of hydrogen-bond donors (Lipinski definition) is 1. The van der Waals surface area contributed by atoms with Gasteiger partial charge in [-0.2, -0.15) is 5.10 Å². The number of carbonyl (C=O) groups excluding carboxylic acids is 1. The minimum absolute atomic E-state index is 0.0460. The molecule has 9 heteroatoms. The first kappa shape index (κ1) is 19.3. The summed E-state index contributed by atoms with van der Waals surface area (Å²) in [6, 6.07) is 3.85. The molecule has 0 aromatic carbocycles. The fourth-order valence-corrected chi connectivity index (χ4v) is 4.05. The number of thiazole rings is 1. The van der Waals surface area contributed by atoms with Crippen molar-refractivity contribution < 1.29 is 4.79 Å². The highest BCUT2D eigenvalue weighted by molar-refractivity contribution is 7.13. The van der Waals surface area contributed by atoms with E-state index in [9.17, 15) is 4.79 Å². The van der Waals surface area contributed by atoms with Gasteiger partial charge in [-0.15, -0.1) is 11.3 Å². The van der Waals surface area contributed by atoms with E-state index >= 15 is 0 Å². The van der Waals surface area contributed by atoms with Crippen LogP contribution in [0.3, 0.4) is 0 Å². The zero-order valence-corrected chi connectivity index (χ0v) is 17.0. The molecule has 0 saturated carbocycles. The van der Waals surface area contributed by atoms with Gasteiger partial charge in [-0.05, 0) is 37.3 Å². The number of nitrogens with zero attached hydrogens (tertiary/aromatic N) is 6. The molecule has 4 rings (SSSR count). The van der Waals surface area contributed by atoms with Gasteiger partial charge in [-0.1, -0.05) is 0 Å². The maximum Gasteiger partial charge on any atom is 0.246 e. The molecule has 8 nitrogen and oxygen atoms in total. The number of aryl methyl sites for hydroxylation is 1. The number of nitrogens with one attached hydrogen (secondary N) is 1. The normalized spacial score (nSPS) is 17.0. The first-order valence-electron chi connectivity index (χ1n) is 9.60. The lowest BCUT2D eigenvalue weighted by molar-refractivity contribution is -0.127. The SMILES string of the molecule is Cn1nccc1/C=C/C(=O)N1CCC[C@@H](Cc2cc(Nc3nccs3)ncn2)C1. The van der Waals surface area contributed by atoms with E-state index in [1.165, 1.54) is 11.3 Å². The molecular formula is C20H23N7OS. The largest absolute Gasteiger partial charge is 0.339 e. The lowest BCUT2D eigenvalue weighted by Crippen LogP contribution is -2.39. The van der Waals surface area contributed by atoms with Crippen LogP contribution in [0.2, 0.25) is 0 Å². The van der Waals surface area contributed by atoms with Gasteiger partial charge in [0, 0.05) is 55.7 Å².